The molecule has 0 spiro atoms. The van der Waals surface area contributed by atoms with Gasteiger partial charge in [0, 0.05) is 18.0 Å². The van der Waals surface area contributed by atoms with Crippen LogP contribution in [0.1, 0.15) is 5.82 Å². The normalized spacial score (nSPS) is 10.6. The van der Waals surface area contributed by atoms with E-state index in [0.29, 0.717) is 17.4 Å². The van der Waals surface area contributed by atoms with E-state index in [1.807, 2.05) is 12.1 Å². The van der Waals surface area contributed by atoms with Gasteiger partial charge in [-0.3, -0.25) is 14.9 Å². The van der Waals surface area contributed by atoms with Crippen molar-refractivity contribution in [3.8, 4) is 22.8 Å². The van der Waals surface area contributed by atoms with Crippen molar-refractivity contribution in [1.29, 1.82) is 0 Å². The molecule has 3 heterocycles. The summed E-state index contributed by atoms with van der Waals surface area (Å²) in [5.74, 6) is 1.38. The van der Waals surface area contributed by atoms with Gasteiger partial charge in [0.25, 0.3) is 5.91 Å². The number of ether oxygens (including phenoxy) is 1. The Labute approximate surface area is 158 Å². The highest BCUT2D eigenvalue weighted by Gasteiger charge is 2.08. The molecule has 0 aliphatic heterocycles. The van der Waals surface area contributed by atoms with Gasteiger partial charge in [-0.2, -0.15) is 5.10 Å². The molecule has 0 saturated heterocycles. The quantitative estimate of drug-likeness (QED) is 0.476. The number of carbonyl (C=O) groups is 1. The first kappa shape index (κ1) is 17.3. The lowest BCUT2D eigenvalue weighted by Crippen LogP contribution is -2.28. The van der Waals surface area contributed by atoms with Gasteiger partial charge in [-0.05, 0) is 46.8 Å². The van der Waals surface area contributed by atoms with Crippen LogP contribution in [0.25, 0.3) is 17.1 Å². The van der Waals surface area contributed by atoms with Crippen molar-refractivity contribution >= 4 is 5.91 Å². The minimum Gasteiger partial charge on any atom is -0.484 e. The Balaban J connectivity index is 1.25. The van der Waals surface area contributed by atoms with E-state index in [2.05, 4.69) is 41.0 Å². The van der Waals surface area contributed by atoms with Crippen LogP contribution in [0.2, 0.25) is 0 Å². The number of H-pyrrole nitrogens is 1. The third-order valence-corrected chi connectivity index (χ3v) is 3.74. The summed E-state index contributed by atoms with van der Waals surface area (Å²) in [7, 11) is 0. The zero-order valence-corrected chi connectivity index (χ0v) is 14.6. The molecule has 4 rings (SSSR count). The SMILES string of the molecule is O=C(COc1ccc(-n2cnnn2)cc1)NCc1nc(-c2ccncc2)n[nH]1. The lowest BCUT2D eigenvalue weighted by atomic mass is 10.2. The molecule has 11 nitrogen and oxygen atoms in total. The highest BCUT2D eigenvalue weighted by atomic mass is 16.5. The predicted molar refractivity (Wildman–Crippen MR) is 96.1 cm³/mol. The molecule has 1 aromatic carbocycles. The fraction of sp³-hybridized carbons (Fsp3) is 0.118. The van der Waals surface area contributed by atoms with E-state index < -0.39 is 0 Å². The number of hydrogen-bond acceptors (Lipinski definition) is 8. The van der Waals surface area contributed by atoms with Gasteiger partial charge < -0.3 is 10.1 Å². The zero-order valence-electron chi connectivity index (χ0n) is 14.6. The van der Waals surface area contributed by atoms with Crippen molar-refractivity contribution in [3.05, 3.63) is 60.9 Å². The first-order valence-corrected chi connectivity index (χ1v) is 8.32. The van der Waals surface area contributed by atoms with Gasteiger partial charge in [0.1, 0.15) is 17.9 Å². The molecule has 1 amide bonds. The number of benzene rings is 1. The minimum absolute atomic E-state index is 0.115. The van der Waals surface area contributed by atoms with Crippen molar-refractivity contribution < 1.29 is 9.53 Å². The molecule has 0 unspecified atom stereocenters. The molecule has 4 aromatic rings. The maximum atomic E-state index is 12.0. The number of aromatic amines is 1. The molecule has 3 aromatic heterocycles. The average Bonchev–Trinajstić information content (AvgIpc) is 3.44. The maximum absolute atomic E-state index is 12.0. The third kappa shape index (κ3) is 4.15. The summed E-state index contributed by atoms with van der Waals surface area (Å²) >= 11 is 0. The Morgan fingerprint density at radius 3 is 2.71 bits per heavy atom. The number of tetrazole rings is 1. The number of hydrogen-bond donors (Lipinski definition) is 2. The number of amides is 1. The highest BCUT2D eigenvalue weighted by Crippen LogP contribution is 2.14. The summed E-state index contributed by atoms with van der Waals surface area (Å²) in [5, 5.41) is 20.6. The molecule has 11 heteroatoms. The van der Waals surface area contributed by atoms with Crippen LogP contribution in [-0.4, -0.2) is 52.9 Å². The zero-order chi connectivity index (χ0) is 19.2. The largest absolute Gasteiger partial charge is 0.484 e. The van der Waals surface area contributed by atoms with E-state index in [0.717, 1.165) is 11.3 Å². The standard InChI is InChI=1S/C17H15N9O2/c27-16(10-28-14-3-1-13(2-4-14)26-11-20-24-25-26)19-9-15-21-17(23-22-15)12-5-7-18-8-6-12/h1-8,11H,9-10H2,(H,19,27)(H,21,22,23). The molecule has 0 radical (unpaired) electrons. The number of rotatable bonds is 7. The second kappa shape index (κ2) is 8.03. The molecular formula is C17H15N9O2. The average molecular weight is 377 g/mol. The lowest BCUT2D eigenvalue weighted by molar-refractivity contribution is -0.123. The van der Waals surface area contributed by atoms with E-state index >= 15 is 0 Å². The Morgan fingerprint density at radius 2 is 1.96 bits per heavy atom. The summed E-state index contributed by atoms with van der Waals surface area (Å²) in [6.07, 6.45) is 4.83. The van der Waals surface area contributed by atoms with Crippen molar-refractivity contribution in [3.63, 3.8) is 0 Å². The van der Waals surface area contributed by atoms with E-state index in [1.165, 1.54) is 11.0 Å². The van der Waals surface area contributed by atoms with Crippen molar-refractivity contribution in [2.24, 2.45) is 0 Å². The van der Waals surface area contributed by atoms with Gasteiger partial charge in [0.15, 0.2) is 12.4 Å². The van der Waals surface area contributed by atoms with E-state index in [1.54, 1.807) is 36.7 Å². The number of carbonyl (C=O) groups excluding carboxylic acids is 1. The van der Waals surface area contributed by atoms with Gasteiger partial charge in [-0.1, -0.05) is 0 Å². The second-order valence-electron chi connectivity index (χ2n) is 5.66. The van der Waals surface area contributed by atoms with Gasteiger partial charge in [0.2, 0.25) is 0 Å². The van der Waals surface area contributed by atoms with Gasteiger partial charge >= 0.3 is 0 Å². The summed E-state index contributed by atoms with van der Waals surface area (Å²) < 4.78 is 7.00. The van der Waals surface area contributed by atoms with Crippen molar-refractivity contribution in [2.75, 3.05) is 6.61 Å². The number of nitrogens with one attached hydrogen (secondary N) is 2. The van der Waals surface area contributed by atoms with Crippen LogP contribution in [0.5, 0.6) is 5.75 Å². The highest BCUT2D eigenvalue weighted by molar-refractivity contribution is 5.77. The number of nitrogens with zero attached hydrogens (tertiary/aromatic N) is 7. The molecule has 0 fully saturated rings. The number of pyridine rings is 1. The van der Waals surface area contributed by atoms with E-state index in [9.17, 15) is 4.79 Å². The Hall–Kier alpha value is -4.15. The van der Waals surface area contributed by atoms with Crippen LogP contribution in [-0.2, 0) is 11.3 Å². The Kier molecular flexibility index (Phi) is 4.96. The van der Waals surface area contributed by atoms with Gasteiger partial charge in [0.05, 0.1) is 12.2 Å². The molecule has 0 saturated carbocycles. The topological polar surface area (TPSA) is 136 Å². The molecule has 28 heavy (non-hydrogen) atoms. The van der Waals surface area contributed by atoms with Crippen LogP contribution in [0, 0.1) is 0 Å². The van der Waals surface area contributed by atoms with E-state index in [-0.39, 0.29) is 19.1 Å². The van der Waals surface area contributed by atoms with Crippen molar-refractivity contribution in [2.45, 2.75) is 6.54 Å². The van der Waals surface area contributed by atoms with Crippen LogP contribution in [0.3, 0.4) is 0 Å². The number of aromatic nitrogens is 8. The van der Waals surface area contributed by atoms with Gasteiger partial charge in [-0.25, -0.2) is 9.67 Å². The maximum Gasteiger partial charge on any atom is 0.258 e. The van der Waals surface area contributed by atoms with Crippen LogP contribution in [0.15, 0.2) is 55.1 Å². The lowest BCUT2D eigenvalue weighted by Gasteiger charge is -2.07. The molecule has 140 valence electrons. The van der Waals surface area contributed by atoms with Crippen LogP contribution < -0.4 is 10.1 Å². The molecule has 0 aliphatic rings. The summed E-state index contributed by atoms with van der Waals surface area (Å²) in [6, 6.07) is 10.7. The Morgan fingerprint density at radius 1 is 1.14 bits per heavy atom. The molecule has 0 bridgehead atoms. The third-order valence-electron chi connectivity index (χ3n) is 3.74. The predicted octanol–water partition coefficient (Wildman–Crippen LogP) is 0.538. The fourth-order valence-corrected chi connectivity index (χ4v) is 2.36. The van der Waals surface area contributed by atoms with Crippen LogP contribution in [0.4, 0.5) is 0 Å². The summed E-state index contributed by atoms with van der Waals surface area (Å²) in [4.78, 5) is 20.3. The van der Waals surface area contributed by atoms with Crippen LogP contribution >= 0.6 is 0 Å². The summed E-state index contributed by atoms with van der Waals surface area (Å²) in [6.45, 7) is 0.105. The minimum atomic E-state index is -0.272. The fourth-order valence-electron chi connectivity index (χ4n) is 2.36. The first-order chi connectivity index (χ1) is 13.8. The summed E-state index contributed by atoms with van der Waals surface area (Å²) in [5.41, 5.74) is 1.63. The Bertz CT molecular complexity index is 1030. The van der Waals surface area contributed by atoms with Crippen molar-refractivity contribution in [1.82, 2.24) is 45.7 Å². The molecule has 0 atom stereocenters. The molecule has 0 aliphatic carbocycles. The molecule has 2 N–H and O–H groups in total. The first-order valence-electron chi connectivity index (χ1n) is 8.32. The molecular weight excluding hydrogens is 362 g/mol. The van der Waals surface area contributed by atoms with E-state index in [4.69, 9.17) is 4.74 Å². The second-order valence-corrected chi connectivity index (χ2v) is 5.66. The smallest absolute Gasteiger partial charge is 0.258 e. The monoisotopic (exact) mass is 377 g/mol. The van der Waals surface area contributed by atoms with Gasteiger partial charge in [-0.15, -0.1) is 5.10 Å².